The Morgan fingerprint density at radius 3 is 2.58 bits per heavy atom. The number of aryl methyl sites for hydroxylation is 3. The fourth-order valence-corrected chi connectivity index (χ4v) is 2.54. The highest BCUT2D eigenvalue weighted by atomic mass is 35.5. The lowest BCUT2D eigenvalue weighted by atomic mass is 9.99. The van der Waals surface area contributed by atoms with Crippen LogP contribution >= 0.6 is 11.6 Å². The second-order valence-electron chi connectivity index (χ2n) is 4.84. The molecule has 0 saturated carbocycles. The van der Waals surface area contributed by atoms with Crippen molar-refractivity contribution in [2.24, 2.45) is 7.05 Å². The van der Waals surface area contributed by atoms with Crippen LogP contribution in [0.15, 0.2) is 24.4 Å². The van der Waals surface area contributed by atoms with Gasteiger partial charge in [0.15, 0.2) is 0 Å². The Hall–Kier alpha value is -1.32. The SMILES string of the molecule is CCNC(c1ccc(C)c(C)c1)c1c(Cl)cnn1C. The van der Waals surface area contributed by atoms with Crippen molar-refractivity contribution in [2.75, 3.05) is 6.54 Å². The molecule has 1 N–H and O–H groups in total. The summed E-state index contributed by atoms with van der Waals surface area (Å²) in [5.74, 6) is 0. The van der Waals surface area contributed by atoms with Crippen molar-refractivity contribution in [3.63, 3.8) is 0 Å². The van der Waals surface area contributed by atoms with Gasteiger partial charge >= 0.3 is 0 Å². The molecule has 0 bridgehead atoms. The molecule has 1 atom stereocenters. The van der Waals surface area contributed by atoms with Crippen LogP contribution in [0.1, 0.15) is 35.3 Å². The maximum atomic E-state index is 6.27. The topological polar surface area (TPSA) is 29.9 Å². The maximum absolute atomic E-state index is 6.27. The molecule has 102 valence electrons. The third-order valence-electron chi connectivity index (χ3n) is 3.48. The van der Waals surface area contributed by atoms with Crippen LogP contribution in [0.2, 0.25) is 5.02 Å². The Morgan fingerprint density at radius 1 is 1.32 bits per heavy atom. The summed E-state index contributed by atoms with van der Waals surface area (Å²) in [6.07, 6.45) is 1.70. The molecule has 0 amide bonds. The fraction of sp³-hybridized carbons (Fsp3) is 0.400. The van der Waals surface area contributed by atoms with Crippen LogP contribution in [0.25, 0.3) is 0 Å². The highest BCUT2D eigenvalue weighted by Gasteiger charge is 2.20. The Balaban J connectivity index is 2.48. The van der Waals surface area contributed by atoms with E-state index >= 15 is 0 Å². The molecule has 1 heterocycles. The summed E-state index contributed by atoms with van der Waals surface area (Å²) < 4.78 is 1.84. The molecule has 1 unspecified atom stereocenters. The first kappa shape index (κ1) is 14.1. The Kier molecular flexibility index (Phi) is 4.27. The molecule has 0 fully saturated rings. The van der Waals surface area contributed by atoms with E-state index in [2.05, 4.69) is 49.4 Å². The predicted molar refractivity (Wildman–Crippen MR) is 79.7 cm³/mol. The molecule has 1 aromatic carbocycles. The van der Waals surface area contributed by atoms with Crippen molar-refractivity contribution in [3.8, 4) is 0 Å². The van der Waals surface area contributed by atoms with Gasteiger partial charge in [0.1, 0.15) is 0 Å². The normalized spacial score (nSPS) is 12.7. The zero-order valence-corrected chi connectivity index (χ0v) is 12.6. The minimum atomic E-state index is 0.0734. The second-order valence-corrected chi connectivity index (χ2v) is 5.24. The Labute approximate surface area is 119 Å². The van der Waals surface area contributed by atoms with E-state index in [1.54, 1.807) is 6.20 Å². The van der Waals surface area contributed by atoms with Crippen LogP contribution in [0, 0.1) is 13.8 Å². The van der Waals surface area contributed by atoms with Gasteiger partial charge in [0.2, 0.25) is 0 Å². The molecule has 0 saturated heterocycles. The van der Waals surface area contributed by atoms with Crippen LogP contribution in [-0.4, -0.2) is 16.3 Å². The van der Waals surface area contributed by atoms with Gasteiger partial charge in [-0.1, -0.05) is 36.7 Å². The number of rotatable bonds is 4. The number of aromatic nitrogens is 2. The van der Waals surface area contributed by atoms with E-state index in [1.807, 2.05) is 11.7 Å². The van der Waals surface area contributed by atoms with Crippen molar-refractivity contribution < 1.29 is 0 Å². The molecular weight excluding hydrogens is 258 g/mol. The summed E-state index contributed by atoms with van der Waals surface area (Å²) in [6.45, 7) is 7.22. The number of benzene rings is 1. The maximum Gasteiger partial charge on any atom is 0.0837 e. The summed E-state index contributed by atoms with van der Waals surface area (Å²) in [5.41, 5.74) is 4.82. The monoisotopic (exact) mass is 277 g/mol. The number of hydrogen-bond donors (Lipinski definition) is 1. The molecule has 0 aliphatic rings. The molecule has 0 radical (unpaired) electrons. The standard InChI is InChI=1S/C15H20ClN3/c1-5-17-14(15-13(16)9-18-19(15)4)12-7-6-10(2)11(3)8-12/h6-9,14,17H,5H2,1-4H3. The van der Waals surface area contributed by atoms with E-state index in [4.69, 9.17) is 11.6 Å². The summed E-state index contributed by atoms with van der Waals surface area (Å²) in [6, 6.07) is 6.59. The third kappa shape index (κ3) is 2.82. The van der Waals surface area contributed by atoms with Gasteiger partial charge in [0, 0.05) is 7.05 Å². The van der Waals surface area contributed by atoms with Gasteiger partial charge in [-0.05, 0) is 37.1 Å². The minimum Gasteiger partial charge on any atom is -0.305 e. The second kappa shape index (κ2) is 5.76. The van der Waals surface area contributed by atoms with Gasteiger partial charge in [-0.25, -0.2) is 0 Å². The van der Waals surface area contributed by atoms with Crippen LogP contribution in [0.5, 0.6) is 0 Å². The molecule has 3 nitrogen and oxygen atoms in total. The molecule has 4 heteroatoms. The molecule has 19 heavy (non-hydrogen) atoms. The molecule has 2 aromatic rings. The first-order valence-corrected chi connectivity index (χ1v) is 6.90. The smallest absolute Gasteiger partial charge is 0.0837 e. The van der Waals surface area contributed by atoms with Crippen LogP contribution in [0.4, 0.5) is 0 Å². The van der Waals surface area contributed by atoms with E-state index in [0.717, 1.165) is 12.2 Å². The zero-order valence-electron chi connectivity index (χ0n) is 11.9. The van der Waals surface area contributed by atoms with E-state index in [0.29, 0.717) is 5.02 Å². The van der Waals surface area contributed by atoms with Crippen LogP contribution in [0.3, 0.4) is 0 Å². The predicted octanol–water partition coefficient (Wildman–Crippen LogP) is 3.39. The van der Waals surface area contributed by atoms with Gasteiger partial charge in [-0.3, -0.25) is 4.68 Å². The molecule has 0 aliphatic heterocycles. The van der Waals surface area contributed by atoms with Gasteiger partial charge in [0.25, 0.3) is 0 Å². The number of halogens is 1. The molecular formula is C15H20ClN3. The van der Waals surface area contributed by atoms with Gasteiger partial charge in [0.05, 0.1) is 23.0 Å². The van der Waals surface area contributed by atoms with Crippen LogP contribution < -0.4 is 5.32 Å². The molecule has 0 aliphatic carbocycles. The van der Waals surface area contributed by atoms with Crippen molar-refractivity contribution in [3.05, 3.63) is 51.8 Å². The zero-order chi connectivity index (χ0) is 14.0. The van der Waals surface area contributed by atoms with Gasteiger partial charge in [-0.2, -0.15) is 5.10 Å². The van der Waals surface area contributed by atoms with Gasteiger partial charge < -0.3 is 5.32 Å². The quantitative estimate of drug-likeness (QED) is 0.928. The van der Waals surface area contributed by atoms with Gasteiger partial charge in [-0.15, -0.1) is 0 Å². The summed E-state index contributed by atoms with van der Waals surface area (Å²) in [5, 5.41) is 8.41. The number of nitrogens with one attached hydrogen (secondary N) is 1. The van der Waals surface area contributed by atoms with Crippen molar-refractivity contribution in [1.82, 2.24) is 15.1 Å². The largest absolute Gasteiger partial charge is 0.305 e. The summed E-state index contributed by atoms with van der Waals surface area (Å²) >= 11 is 6.27. The van der Waals surface area contributed by atoms with E-state index in [-0.39, 0.29) is 6.04 Å². The summed E-state index contributed by atoms with van der Waals surface area (Å²) in [4.78, 5) is 0. The number of hydrogen-bond acceptors (Lipinski definition) is 2. The third-order valence-corrected chi connectivity index (χ3v) is 3.77. The van der Waals surface area contributed by atoms with E-state index in [9.17, 15) is 0 Å². The summed E-state index contributed by atoms with van der Waals surface area (Å²) in [7, 11) is 1.92. The Morgan fingerprint density at radius 2 is 2.05 bits per heavy atom. The lowest BCUT2D eigenvalue weighted by molar-refractivity contribution is 0.572. The van der Waals surface area contributed by atoms with E-state index < -0.39 is 0 Å². The molecule has 2 rings (SSSR count). The number of nitrogens with zero attached hydrogens (tertiary/aromatic N) is 2. The first-order valence-electron chi connectivity index (χ1n) is 6.52. The van der Waals surface area contributed by atoms with E-state index in [1.165, 1.54) is 16.7 Å². The van der Waals surface area contributed by atoms with Crippen molar-refractivity contribution in [1.29, 1.82) is 0 Å². The molecule has 0 spiro atoms. The highest BCUT2D eigenvalue weighted by molar-refractivity contribution is 6.31. The molecule has 1 aromatic heterocycles. The lowest BCUT2D eigenvalue weighted by Crippen LogP contribution is -2.24. The Bertz CT molecular complexity index is 555. The lowest BCUT2D eigenvalue weighted by Gasteiger charge is -2.20. The first-order chi connectivity index (χ1) is 9.04. The fourth-order valence-electron chi connectivity index (χ4n) is 2.27. The minimum absolute atomic E-state index is 0.0734. The van der Waals surface area contributed by atoms with Crippen molar-refractivity contribution >= 4 is 11.6 Å². The average Bonchev–Trinajstić information content (AvgIpc) is 2.70. The van der Waals surface area contributed by atoms with Crippen LogP contribution in [-0.2, 0) is 7.05 Å². The highest BCUT2D eigenvalue weighted by Crippen LogP contribution is 2.28. The average molecular weight is 278 g/mol. The van der Waals surface area contributed by atoms with Crippen molar-refractivity contribution in [2.45, 2.75) is 26.8 Å².